The summed E-state index contributed by atoms with van der Waals surface area (Å²) in [6, 6.07) is 6.34. The Morgan fingerprint density at radius 2 is 2.20 bits per heavy atom. The summed E-state index contributed by atoms with van der Waals surface area (Å²) in [4.78, 5) is 17.0. The molecule has 1 aromatic carbocycles. The lowest BCUT2D eigenvalue weighted by molar-refractivity contribution is 0.372. The van der Waals surface area contributed by atoms with Crippen molar-refractivity contribution in [3.8, 4) is 0 Å². The first kappa shape index (κ1) is 12.4. The van der Waals surface area contributed by atoms with Crippen molar-refractivity contribution >= 4 is 25.3 Å². The molecule has 1 aromatic rings. The predicted octanol–water partition coefficient (Wildman–Crippen LogP) is 2.83. The van der Waals surface area contributed by atoms with Gasteiger partial charge in [0.15, 0.2) is 0 Å². The minimum atomic E-state index is -4.35. The summed E-state index contributed by atoms with van der Waals surface area (Å²) in [6.07, 6.45) is 0.157. The molecule has 15 heavy (non-hydrogen) atoms. The molecule has 0 aliphatic rings. The van der Waals surface area contributed by atoms with Gasteiger partial charge >= 0.3 is 7.60 Å². The van der Waals surface area contributed by atoms with E-state index in [9.17, 15) is 8.96 Å². The molecule has 0 bridgehead atoms. The third kappa shape index (κ3) is 5.09. The van der Waals surface area contributed by atoms with Gasteiger partial charge in [-0.05, 0) is 23.8 Å². The van der Waals surface area contributed by atoms with Gasteiger partial charge in [-0.15, -0.1) is 0 Å². The van der Waals surface area contributed by atoms with Crippen LogP contribution in [-0.2, 0) is 4.57 Å². The standard InChI is InChI=1S/C9H9ClFO3P/c10-8-3-1-2-7(4-8)5-9(11)6-15(12,13)14/h1-5H,6H2,(H2,12,13,14). The molecule has 0 heterocycles. The van der Waals surface area contributed by atoms with Gasteiger partial charge in [-0.3, -0.25) is 4.57 Å². The molecular weight excluding hydrogens is 242 g/mol. The smallest absolute Gasteiger partial charge is 0.324 e. The van der Waals surface area contributed by atoms with Crippen molar-refractivity contribution in [3.63, 3.8) is 0 Å². The van der Waals surface area contributed by atoms with Crippen LogP contribution in [0.15, 0.2) is 30.1 Å². The van der Waals surface area contributed by atoms with Gasteiger partial charge in [-0.25, -0.2) is 4.39 Å². The highest BCUT2D eigenvalue weighted by Crippen LogP contribution is 2.37. The molecule has 0 saturated carbocycles. The van der Waals surface area contributed by atoms with Crippen molar-refractivity contribution in [2.24, 2.45) is 0 Å². The molecule has 6 heteroatoms. The van der Waals surface area contributed by atoms with Gasteiger partial charge in [0.25, 0.3) is 0 Å². The van der Waals surface area contributed by atoms with Crippen molar-refractivity contribution < 1.29 is 18.7 Å². The fourth-order valence-corrected chi connectivity index (χ4v) is 1.70. The van der Waals surface area contributed by atoms with Gasteiger partial charge in [0.2, 0.25) is 0 Å². The summed E-state index contributed by atoms with van der Waals surface area (Å²) < 4.78 is 23.5. The Bertz CT molecular complexity index is 427. The van der Waals surface area contributed by atoms with E-state index in [0.29, 0.717) is 10.6 Å². The lowest BCUT2D eigenvalue weighted by Gasteiger charge is -2.01. The first-order valence-corrected chi connectivity index (χ1v) is 6.20. The third-order valence-electron chi connectivity index (χ3n) is 1.53. The highest BCUT2D eigenvalue weighted by molar-refractivity contribution is 7.52. The largest absolute Gasteiger partial charge is 0.332 e. The second kappa shape index (κ2) is 4.90. The van der Waals surface area contributed by atoms with Crippen LogP contribution < -0.4 is 0 Å². The summed E-state index contributed by atoms with van der Waals surface area (Å²) >= 11 is 5.66. The third-order valence-corrected chi connectivity index (χ3v) is 2.48. The number of hydrogen-bond acceptors (Lipinski definition) is 1. The second-order valence-corrected chi connectivity index (χ2v) is 5.05. The van der Waals surface area contributed by atoms with E-state index >= 15 is 0 Å². The summed E-state index contributed by atoms with van der Waals surface area (Å²) in [5.41, 5.74) is 0.466. The fourth-order valence-electron chi connectivity index (χ4n) is 1.02. The Morgan fingerprint density at radius 3 is 2.73 bits per heavy atom. The van der Waals surface area contributed by atoms with Crippen molar-refractivity contribution in [1.29, 1.82) is 0 Å². The SMILES string of the molecule is O=P(O)(O)CC(F)=Cc1cccc(Cl)c1. The summed E-state index contributed by atoms with van der Waals surface area (Å²) in [6.45, 7) is 0. The van der Waals surface area contributed by atoms with Gasteiger partial charge in [0.05, 0.1) is 0 Å². The van der Waals surface area contributed by atoms with Crippen LogP contribution >= 0.6 is 19.2 Å². The number of hydrogen-bond donors (Lipinski definition) is 2. The molecule has 0 aromatic heterocycles. The van der Waals surface area contributed by atoms with Crippen molar-refractivity contribution in [3.05, 3.63) is 40.7 Å². The van der Waals surface area contributed by atoms with E-state index in [4.69, 9.17) is 21.4 Å². The van der Waals surface area contributed by atoms with E-state index in [-0.39, 0.29) is 0 Å². The van der Waals surface area contributed by atoms with Crippen LogP contribution in [0.25, 0.3) is 6.08 Å². The molecule has 1 rings (SSSR count). The van der Waals surface area contributed by atoms with E-state index < -0.39 is 19.6 Å². The molecule has 0 saturated heterocycles. The molecule has 0 amide bonds. The van der Waals surface area contributed by atoms with Crippen molar-refractivity contribution in [2.45, 2.75) is 0 Å². The van der Waals surface area contributed by atoms with Crippen LogP contribution in [0.1, 0.15) is 5.56 Å². The zero-order valence-corrected chi connectivity index (χ0v) is 9.25. The maximum Gasteiger partial charge on any atom is 0.332 e. The average molecular weight is 251 g/mol. The minimum absolute atomic E-state index is 0.438. The van der Waals surface area contributed by atoms with Gasteiger partial charge in [-0.2, -0.15) is 0 Å². The Hall–Kier alpha value is -0.670. The van der Waals surface area contributed by atoms with Crippen molar-refractivity contribution in [1.82, 2.24) is 0 Å². The molecule has 0 unspecified atom stereocenters. The van der Waals surface area contributed by atoms with Crippen molar-refractivity contribution in [2.75, 3.05) is 6.16 Å². The quantitative estimate of drug-likeness (QED) is 0.811. The molecule has 0 aliphatic heterocycles. The Morgan fingerprint density at radius 1 is 1.53 bits per heavy atom. The molecule has 0 radical (unpaired) electrons. The Labute approximate surface area is 91.4 Å². The van der Waals surface area contributed by atoms with E-state index in [1.807, 2.05) is 0 Å². The van der Waals surface area contributed by atoms with Gasteiger partial charge in [0.1, 0.15) is 12.0 Å². The Balaban J connectivity index is 2.83. The molecule has 0 fully saturated rings. The molecule has 3 nitrogen and oxygen atoms in total. The number of allylic oxidation sites excluding steroid dienone is 1. The van der Waals surface area contributed by atoms with Crippen LogP contribution in [0.2, 0.25) is 5.02 Å². The summed E-state index contributed by atoms with van der Waals surface area (Å²) in [7, 11) is -4.35. The molecule has 0 spiro atoms. The van der Waals surface area contributed by atoms with Crippen LogP contribution in [0.4, 0.5) is 4.39 Å². The summed E-state index contributed by atoms with van der Waals surface area (Å²) in [5, 5.41) is 0.438. The fraction of sp³-hybridized carbons (Fsp3) is 0.111. The van der Waals surface area contributed by atoms with Gasteiger partial charge in [-0.1, -0.05) is 23.7 Å². The molecular formula is C9H9ClFO3P. The zero-order valence-electron chi connectivity index (χ0n) is 7.60. The van der Waals surface area contributed by atoms with Gasteiger partial charge < -0.3 is 9.79 Å². The van der Waals surface area contributed by atoms with E-state index in [1.54, 1.807) is 18.2 Å². The number of rotatable bonds is 3. The maximum absolute atomic E-state index is 13.0. The van der Waals surface area contributed by atoms with Crippen LogP contribution in [0, 0.1) is 0 Å². The predicted molar refractivity (Wildman–Crippen MR) is 57.4 cm³/mol. The van der Waals surface area contributed by atoms with Gasteiger partial charge in [0, 0.05) is 5.02 Å². The highest BCUT2D eigenvalue weighted by Gasteiger charge is 2.15. The molecule has 82 valence electrons. The topological polar surface area (TPSA) is 57.5 Å². The van der Waals surface area contributed by atoms with E-state index in [1.165, 1.54) is 6.07 Å². The minimum Gasteiger partial charge on any atom is -0.324 e. The second-order valence-electron chi connectivity index (χ2n) is 2.97. The molecule has 0 aliphatic carbocycles. The zero-order chi connectivity index (χ0) is 11.5. The lowest BCUT2D eigenvalue weighted by atomic mass is 10.2. The monoisotopic (exact) mass is 250 g/mol. The maximum atomic E-state index is 13.0. The molecule has 0 atom stereocenters. The normalized spacial score (nSPS) is 12.9. The number of halogens is 2. The number of benzene rings is 1. The van der Waals surface area contributed by atoms with E-state index in [2.05, 4.69) is 0 Å². The van der Waals surface area contributed by atoms with E-state index in [0.717, 1.165) is 6.08 Å². The molecule has 2 N–H and O–H groups in total. The highest BCUT2D eigenvalue weighted by atomic mass is 35.5. The first-order chi connectivity index (χ1) is 6.87. The summed E-state index contributed by atoms with van der Waals surface area (Å²) in [5.74, 6) is -0.870. The Kier molecular flexibility index (Phi) is 4.05. The van der Waals surface area contributed by atoms with Crippen LogP contribution in [-0.4, -0.2) is 15.9 Å². The lowest BCUT2D eigenvalue weighted by Crippen LogP contribution is -1.88. The average Bonchev–Trinajstić information content (AvgIpc) is 1.99. The van der Waals surface area contributed by atoms with Crippen LogP contribution in [0.5, 0.6) is 0 Å². The first-order valence-electron chi connectivity index (χ1n) is 4.03. The van der Waals surface area contributed by atoms with Crippen LogP contribution in [0.3, 0.4) is 0 Å².